The lowest BCUT2D eigenvalue weighted by Crippen LogP contribution is -2.30. The highest BCUT2D eigenvalue weighted by Gasteiger charge is 2.17. The van der Waals surface area contributed by atoms with Crippen molar-refractivity contribution in [2.75, 3.05) is 19.5 Å². The van der Waals surface area contributed by atoms with Gasteiger partial charge in [-0.05, 0) is 61.7 Å². The van der Waals surface area contributed by atoms with Crippen molar-refractivity contribution in [2.45, 2.75) is 20.0 Å². The quantitative estimate of drug-likeness (QED) is 0.435. The smallest absolute Gasteiger partial charge is 0.272 e. The third kappa shape index (κ3) is 6.60. The number of anilines is 1. The van der Waals surface area contributed by atoms with E-state index < -0.39 is 11.8 Å². The van der Waals surface area contributed by atoms with Gasteiger partial charge >= 0.3 is 0 Å². The average Bonchev–Trinajstić information content (AvgIpc) is 3.31. The molecule has 0 aliphatic heterocycles. The molecule has 3 rings (SSSR count). The molecule has 0 spiro atoms. The van der Waals surface area contributed by atoms with Gasteiger partial charge in [0.15, 0.2) is 11.5 Å². The molecule has 2 aromatic carbocycles. The highest BCUT2D eigenvalue weighted by Crippen LogP contribution is 2.27. The maximum atomic E-state index is 13.1. The summed E-state index contributed by atoms with van der Waals surface area (Å²) < 4.78 is 16.2. The Morgan fingerprint density at radius 2 is 1.76 bits per heavy atom. The van der Waals surface area contributed by atoms with Crippen LogP contribution >= 0.6 is 11.3 Å². The van der Waals surface area contributed by atoms with Gasteiger partial charge in [-0.2, -0.15) is 0 Å². The monoisotopic (exact) mass is 466 g/mol. The molecule has 0 unspecified atom stereocenters. The summed E-state index contributed by atoms with van der Waals surface area (Å²) in [6.07, 6.45) is 1.64. The van der Waals surface area contributed by atoms with Crippen molar-refractivity contribution in [1.29, 1.82) is 0 Å². The highest BCUT2D eigenvalue weighted by molar-refractivity contribution is 7.10. The van der Waals surface area contributed by atoms with Gasteiger partial charge < -0.3 is 24.8 Å². The number of carbonyl (C=O) groups excluding carboxylic acids is 2. The molecule has 0 aliphatic carbocycles. The molecule has 0 fully saturated rings. The van der Waals surface area contributed by atoms with Crippen LogP contribution in [0.5, 0.6) is 17.2 Å². The van der Waals surface area contributed by atoms with Gasteiger partial charge in [-0.25, -0.2) is 0 Å². The van der Waals surface area contributed by atoms with E-state index in [1.807, 2.05) is 37.4 Å². The number of hydrogen-bond acceptors (Lipinski definition) is 6. The van der Waals surface area contributed by atoms with E-state index in [1.165, 1.54) is 25.6 Å². The van der Waals surface area contributed by atoms with Crippen LogP contribution in [0.15, 0.2) is 65.7 Å². The number of hydrogen-bond donors (Lipinski definition) is 2. The minimum atomic E-state index is -0.459. The fourth-order valence-electron chi connectivity index (χ4n) is 2.96. The van der Waals surface area contributed by atoms with E-state index in [-0.39, 0.29) is 11.8 Å². The van der Waals surface area contributed by atoms with E-state index in [9.17, 15) is 9.59 Å². The van der Waals surface area contributed by atoms with Crippen molar-refractivity contribution in [3.8, 4) is 17.2 Å². The van der Waals surface area contributed by atoms with Crippen LogP contribution in [0.25, 0.3) is 6.08 Å². The molecule has 8 heteroatoms. The van der Waals surface area contributed by atoms with Crippen LogP contribution in [0.3, 0.4) is 0 Å². The van der Waals surface area contributed by atoms with Crippen LogP contribution in [0.4, 0.5) is 5.69 Å². The lowest BCUT2D eigenvalue weighted by atomic mass is 10.1. The zero-order chi connectivity index (χ0) is 23.8. The molecular formula is C25H26N2O5S. The number of thiophene rings is 1. The van der Waals surface area contributed by atoms with Crippen molar-refractivity contribution in [3.63, 3.8) is 0 Å². The summed E-state index contributed by atoms with van der Waals surface area (Å²) >= 11 is 1.45. The van der Waals surface area contributed by atoms with Crippen molar-refractivity contribution >= 4 is 34.9 Å². The molecule has 7 nitrogen and oxygen atoms in total. The number of ether oxygens (including phenoxy) is 3. The van der Waals surface area contributed by atoms with Gasteiger partial charge in [-0.3, -0.25) is 9.59 Å². The molecule has 0 bridgehead atoms. The van der Waals surface area contributed by atoms with Crippen LogP contribution in [0.1, 0.15) is 29.1 Å². The Morgan fingerprint density at radius 3 is 2.42 bits per heavy atom. The number of carbonyl (C=O) groups is 2. The Hall–Kier alpha value is -3.78. The van der Waals surface area contributed by atoms with Gasteiger partial charge in [0.25, 0.3) is 11.8 Å². The summed E-state index contributed by atoms with van der Waals surface area (Å²) in [6, 6.07) is 15.6. The molecule has 33 heavy (non-hydrogen) atoms. The Balaban J connectivity index is 1.84. The topological polar surface area (TPSA) is 85.9 Å². The Kier molecular flexibility index (Phi) is 8.10. The Bertz CT molecular complexity index is 1140. The van der Waals surface area contributed by atoms with E-state index in [0.29, 0.717) is 28.5 Å². The second-order valence-electron chi connectivity index (χ2n) is 7.25. The van der Waals surface area contributed by atoms with E-state index in [1.54, 1.807) is 42.5 Å². The molecular weight excluding hydrogens is 440 g/mol. The van der Waals surface area contributed by atoms with E-state index in [0.717, 1.165) is 4.88 Å². The summed E-state index contributed by atoms with van der Waals surface area (Å²) in [6.45, 7) is 3.85. The maximum Gasteiger partial charge on any atom is 0.272 e. The first-order chi connectivity index (χ1) is 15.9. The van der Waals surface area contributed by atoms with Crippen molar-refractivity contribution in [1.82, 2.24) is 5.32 Å². The number of nitrogens with one attached hydrogen (secondary N) is 2. The molecule has 172 valence electrons. The zero-order valence-corrected chi connectivity index (χ0v) is 19.7. The molecule has 2 N–H and O–H groups in total. The van der Waals surface area contributed by atoms with Gasteiger partial charge in [-0.15, -0.1) is 11.3 Å². The predicted molar refractivity (Wildman–Crippen MR) is 130 cm³/mol. The highest BCUT2D eigenvalue weighted by atomic mass is 32.1. The molecule has 3 aromatic rings. The van der Waals surface area contributed by atoms with Crippen LogP contribution < -0.4 is 24.8 Å². The summed E-state index contributed by atoms with van der Waals surface area (Å²) in [5.74, 6) is 0.649. The first kappa shape index (κ1) is 23.9. The molecule has 0 aliphatic rings. The minimum absolute atomic E-state index is 0.00557. The SMILES string of the molecule is COc1ccc(C(=O)N/C(=C\c2cccs2)C(=O)Nc2cccc(OC(C)C)c2)cc1OC. The largest absolute Gasteiger partial charge is 0.493 e. The van der Waals surface area contributed by atoms with Crippen LogP contribution in [0, 0.1) is 0 Å². The van der Waals surface area contributed by atoms with Gasteiger partial charge in [-0.1, -0.05) is 12.1 Å². The molecule has 0 saturated carbocycles. The van der Waals surface area contributed by atoms with Crippen molar-refractivity contribution < 1.29 is 23.8 Å². The normalized spacial score (nSPS) is 11.1. The van der Waals surface area contributed by atoms with Crippen LogP contribution in [-0.4, -0.2) is 32.1 Å². The fourth-order valence-corrected chi connectivity index (χ4v) is 3.62. The third-order valence-corrected chi connectivity index (χ3v) is 5.25. The minimum Gasteiger partial charge on any atom is -0.493 e. The maximum absolute atomic E-state index is 13.1. The molecule has 0 atom stereocenters. The molecule has 1 aromatic heterocycles. The Labute approximate surface area is 197 Å². The van der Waals surface area contributed by atoms with Crippen molar-refractivity contribution in [2.24, 2.45) is 0 Å². The van der Waals surface area contributed by atoms with Gasteiger partial charge in [0.2, 0.25) is 0 Å². The third-order valence-electron chi connectivity index (χ3n) is 4.43. The number of methoxy groups -OCH3 is 2. The summed E-state index contributed by atoms with van der Waals surface area (Å²) in [5.41, 5.74) is 0.980. The number of benzene rings is 2. The second-order valence-corrected chi connectivity index (χ2v) is 8.23. The predicted octanol–water partition coefficient (Wildman–Crippen LogP) is 4.96. The van der Waals surface area contributed by atoms with Gasteiger partial charge in [0, 0.05) is 22.2 Å². The lowest BCUT2D eigenvalue weighted by molar-refractivity contribution is -0.113. The zero-order valence-electron chi connectivity index (χ0n) is 18.9. The van der Waals surface area contributed by atoms with E-state index in [4.69, 9.17) is 14.2 Å². The van der Waals surface area contributed by atoms with Gasteiger partial charge in [0.1, 0.15) is 11.4 Å². The molecule has 0 radical (unpaired) electrons. The van der Waals surface area contributed by atoms with E-state index >= 15 is 0 Å². The summed E-state index contributed by atoms with van der Waals surface area (Å²) in [4.78, 5) is 26.9. The molecule has 0 saturated heterocycles. The molecule has 2 amide bonds. The fraction of sp³-hybridized carbons (Fsp3) is 0.200. The first-order valence-electron chi connectivity index (χ1n) is 10.3. The number of rotatable bonds is 9. The number of amides is 2. The molecule has 1 heterocycles. The van der Waals surface area contributed by atoms with Gasteiger partial charge in [0.05, 0.1) is 20.3 Å². The lowest BCUT2D eigenvalue weighted by Gasteiger charge is -2.14. The van der Waals surface area contributed by atoms with Crippen LogP contribution in [0.2, 0.25) is 0 Å². The Morgan fingerprint density at radius 1 is 0.970 bits per heavy atom. The van der Waals surface area contributed by atoms with E-state index in [2.05, 4.69) is 10.6 Å². The van der Waals surface area contributed by atoms with Crippen molar-refractivity contribution in [3.05, 3.63) is 76.1 Å². The second kappa shape index (κ2) is 11.2. The standard InChI is InChI=1S/C25H26N2O5S/c1-16(2)32-19-8-5-7-18(14-19)26-25(29)21(15-20-9-6-12-33-20)27-24(28)17-10-11-22(30-3)23(13-17)31-4/h5-16H,1-4H3,(H,26,29)(H,27,28)/b21-15-. The average molecular weight is 467 g/mol. The summed E-state index contributed by atoms with van der Waals surface area (Å²) in [7, 11) is 3.01. The first-order valence-corrected chi connectivity index (χ1v) is 11.1. The summed E-state index contributed by atoms with van der Waals surface area (Å²) in [5, 5.41) is 7.43. The van der Waals surface area contributed by atoms with Crippen LogP contribution in [-0.2, 0) is 4.79 Å².